The van der Waals surface area contributed by atoms with E-state index in [0.29, 0.717) is 34.5 Å². The van der Waals surface area contributed by atoms with Crippen molar-refractivity contribution in [2.24, 2.45) is 11.5 Å². The van der Waals surface area contributed by atoms with Gasteiger partial charge in [-0.15, -0.1) is 0 Å². The van der Waals surface area contributed by atoms with Crippen LogP contribution in [0.1, 0.15) is 46.1 Å². The van der Waals surface area contributed by atoms with Crippen molar-refractivity contribution < 1.29 is 10.3 Å². The van der Waals surface area contributed by atoms with Crippen LogP contribution in [0.4, 0.5) is 5.82 Å². The molecule has 174 valence electrons. The van der Waals surface area contributed by atoms with Crippen LogP contribution >= 0.6 is 0 Å². The van der Waals surface area contributed by atoms with Gasteiger partial charge in [-0.3, -0.25) is 10.7 Å². The number of hydrogen-bond donors (Lipinski definition) is 7. The van der Waals surface area contributed by atoms with Crippen molar-refractivity contribution in [3.8, 4) is 17.1 Å². The predicted molar refractivity (Wildman–Crippen MR) is 128 cm³/mol. The highest BCUT2D eigenvalue weighted by Crippen LogP contribution is 2.32. The number of aromatic nitrogens is 2. The lowest BCUT2D eigenvalue weighted by atomic mass is 9.79. The first-order chi connectivity index (χ1) is 14.9. The van der Waals surface area contributed by atoms with Gasteiger partial charge in [0.25, 0.3) is 0 Å². The maximum Gasteiger partial charge on any atom is 0.168 e. The number of nitrogens with two attached hydrogens (primary N) is 2. The van der Waals surface area contributed by atoms with E-state index in [1.165, 1.54) is 6.20 Å². The first-order valence-electron chi connectivity index (χ1n) is 10.7. The Kier molecular flexibility index (Phi) is 6.43. The highest BCUT2D eigenvalue weighted by Gasteiger charge is 2.39. The average Bonchev–Trinajstić information content (AvgIpc) is 3.18. The van der Waals surface area contributed by atoms with Gasteiger partial charge in [0.2, 0.25) is 0 Å². The largest absolute Gasteiger partial charge is 0.507 e. The Morgan fingerprint density at radius 1 is 1.19 bits per heavy atom. The summed E-state index contributed by atoms with van der Waals surface area (Å²) in [6, 6.07) is 5.37. The first kappa shape index (κ1) is 23.5. The van der Waals surface area contributed by atoms with Gasteiger partial charge in [0, 0.05) is 47.2 Å². The normalized spacial score (nSPS) is 19.1. The summed E-state index contributed by atoms with van der Waals surface area (Å²) < 4.78 is 0. The lowest BCUT2D eigenvalue weighted by molar-refractivity contribution is 0.0981. The Labute approximate surface area is 189 Å². The average molecular weight is 442 g/mol. The van der Waals surface area contributed by atoms with Gasteiger partial charge in [0.05, 0.1) is 5.82 Å². The van der Waals surface area contributed by atoms with Crippen molar-refractivity contribution in [1.29, 1.82) is 0 Å². The van der Waals surface area contributed by atoms with E-state index in [-0.39, 0.29) is 22.6 Å². The van der Waals surface area contributed by atoms with Crippen molar-refractivity contribution >= 4 is 11.5 Å². The topological polar surface area (TPSA) is 148 Å². The lowest BCUT2D eigenvalue weighted by Gasteiger charge is -2.49. The zero-order chi connectivity index (χ0) is 23.7. The van der Waals surface area contributed by atoms with Gasteiger partial charge in [-0.1, -0.05) is 6.07 Å². The van der Waals surface area contributed by atoms with Crippen LogP contribution < -0.4 is 22.3 Å². The Balaban J connectivity index is 1.76. The molecule has 0 radical (unpaired) electrons. The van der Waals surface area contributed by atoms with Crippen molar-refractivity contribution in [1.82, 2.24) is 20.2 Å². The number of phenols is 1. The zero-order valence-electron chi connectivity index (χ0n) is 19.4. The highest BCUT2D eigenvalue weighted by atomic mass is 16.5. The molecular formula is C23H35N7O2. The summed E-state index contributed by atoms with van der Waals surface area (Å²) >= 11 is 0. The molecule has 0 saturated carbocycles. The minimum atomic E-state index is 0.0192. The second kappa shape index (κ2) is 8.76. The Morgan fingerprint density at radius 3 is 2.41 bits per heavy atom. The summed E-state index contributed by atoms with van der Waals surface area (Å²) in [5.74, 6) is 1.42. The van der Waals surface area contributed by atoms with E-state index >= 15 is 0 Å². The van der Waals surface area contributed by atoms with Crippen molar-refractivity contribution in [2.45, 2.75) is 57.7 Å². The van der Waals surface area contributed by atoms with Crippen LogP contribution in [0.3, 0.4) is 0 Å². The molecule has 1 aliphatic heterocycles. The number of nitrogens with zero attached hydrogens (tertiary/aromatic N) is 2. The third kappa shape index (κ3) is 5.35. The summed E-state index contributed by atoms with van der Waals surface area (Å²) in [6.07, 6.45) is 6.95. The number of allylic oxidation sites excluding steroid dienone is 2. The van der Waals surface area contributed by atoms with Gasteiger partial charge in [-0.2, -0.15) is 0 Å². The molecule has 32 heavy (non-hydrogen) atoms. The van der Waals surface area contributed by atoms with Gasteiger partial charge in [0.15, 0.2) is 5.82 Å². The van der Waals surface area contributed by atoms with Gasteiger partial charge in [0.1, 0.15) is 11.6 Å². The SMILES string of the molecule is CN(/C(N)=C/C=C(\N)c1ccc(-c2nc(NO)c[nH]2)cc1O)C1CC(C)(C)NC(C)(C)C1. The molecule has 0 atom stereocenters. The number of imidazole rings is 1. The molecule has 1 aromatic heterocycles. The first-order valence-corrected chi connectivity index (χ1v) is 10.7. The molecule has 0 amide bonds. The fraction of sp³-hybridized carbons (Fsp3) is 0.435. The number of phenolic OH excluding ortho intramolecular Hbond substituents is 1. The van der Waals surface area contributed by atoms with Crippen LogP contribution in [0.25, 0.3) is 17.1 Å². The number of aromatic hydroxyl groups is 1. The Bertz CT molecular complexity index is 1010. The molecule has 0 spiro atoms. The summed E-state index contributed by atoms with van der Waals surface area (Å²) in [6.45, 7) is 8.84. The highest BCUT2D eigenvalue weighted by molar-refractivity contribution is 5.73. The van der Waals surface area contributed by atoms with Crippen molar-refractivity contribution in [3.63, 3.8) is 0 Å². The van der Waals surface area contributed by atoms with Gasteiger partial charge < -0.3 is 31.8 Å². The Morgan fingerprint density at radius 2 is 1.84 bits per heavy atom. The number of piperidine rings is 1. The zero-order valence-corrected chi connectivity index (χ0v) is 19.4. The van der Waals surface area contributed by atoms with Crippen LogP contribution in [0.5, 0.6) is 5.75 Å². The summed E-state index contributed by atoms with van der Waals surface area (Å²) in [5.41, 5.74) is 16.2. The molecule has 1 aromatic carbocycles. The van der Waals surface area contributed by atoms with Gasteiger partial charge >= 0.3 is 0 Å². The molecule has 9 N–H and O–H groups in total. The van der Waals surface area contributed by atoms with Crippen LogP contribution in [0.15, 0.2) is 42.4 Å². The molecule has 2 aromatic rings. The minimum absolute atomic E-state index is 0.0192. The Hall–Kier alpha value is -3.17. The van der Waals surface area contributed by atoms with Gasteiger partial charge in [-0.25, -0.2) is 4.98 Å². The number of anilines is 1. The molecular weight excluding hydrogens is 406 g/mol. The lowest BCUT2D eigenvalue weighted by Crippen LogP contribution is -2.61. The number of aromatic amines is 1. The van der Waals surface area contributed by atoms with Crippen LogP contribution in [0, 0.1) is 0 Å². The van der Waals surface area contributed by atoms with Gasteiger partial charge in [-0.05, 0) is 64.8 Å². The standard InChI is InChI=1S/C23H35N7O2/c1-22(2)11-15(12-23(3,4)29-22)30(5)19(25)9-8-17(24)16-7-6-14(10-18(16)31)21-26-13-20(27-21)28-32/h6-10,13,15,28-29,31-32H,11-12,24-25H2,1-5H3,(H,26,27)/b17-8-,19-9+. The van der Waals surface area contributed by atoms with Crippen molar-refractivity contribution in [3.05, 3.63) is 47.9 Å². The number of hydrogen-bond acceptors (Lipinski definition) is 8. The minimum Gasteiger partial charge on any atom is -0.507 e. The summed E-state index contributed by atoms with van der Waals surface area (Å²) in [4.78, 5) is 9.16. The number of benzene rings is 1. The number of H-pyrrole nitrogens is 1. The molecule has 9 heteroatoms. The maximum atomic E-state index is 10.5. The monoisotopic (exact) mass is 441 g/mol. The molecule has 3 rings (SSSR count). The molecule has 1 aliphatic rings. The molecule has 0 bridgehead atoms. The predicted octanol–water partition coefficient (Wildman–Crippen LogP) is 2.92. The molecule has 0 aliphatic carbocycles. The van der Waals surface area contributed by atoms with E-state index in [2.05, 4.69) is 47.9 Å². The summed E-state index contributed by atoms with van der Waals surface area (Å²) in [7, 11) is 2.00. The number of rotatable bonds is 6. The van der Waals surface area contributed by atoms with E-state index in [1.54, 1.807) is 30.4 Å². The molecule has 1 saturated heterocycles. The molecule has 0 unspecified atom stereocenters. The quantitative estimate of drug-likeness (QED) is 0.267. The fourth-order valence-corrected chi connectivity index (χ4v) is 4.59. The van der Waals surface area contributed by atoms with Crippen LogP contribution in [-0.2, 0) is 0 Å². The van der Waals surface area contributed by atoms with E-state index in [4.69, 9.17) is 16.7 Å². The second-order valence-corrected chi connectivity index (χ2v) is 9.76. The third-order valence-electron chi connectivity index (χ3n) is 5.83. The van der Waals surface area contributed by atoms with Crippen molar-refractivity contribution in [2.75, 3.05) is 12.5 Å². The summed E-state index contributed by atoms with van der Waals surface area (Å²) in [5, 5.41) is 23.1. The van der Waals surface area contributed by atoms with E-state index in [0.717, 1.165) is 12.8 Å². The van der Waals surface area contributed by atoms with E-state index < -0.39 is 0 Å². The fourth-order valence-electron chi connectivity index (χ4n) is 4.59. The number of nitrogens with one attached hydrogen (secondary N) is 3. The third-order valence-corrected chi connectivity index (χ3v) is 5.83. The molecule has 2 heterocycles. The smallest absolute Gasteiger partial charge is 0.168 e. The van der Waals surface area contributed by atoms with E-state index in [1.807, 2.05) is 12.5 Å². The molecule has 1 fully saturated rings. The van der Waals surface area contributed by atoms with E-state index in [9.17, 15) is 5.11 Å². The molecule has 9 nitrogen and oxygen atoms in total. The maximum absolute atomic E-state index is 10.5. The second-order valence-electron chi connectivity index (χ2n) is 9.76. The van der Waals surface area contributed by atoms with Crippen LogP contribution in [-0.4, -0.2) is 49.3 Å². The van der Waals surface area contributed by atoms with Crippen LogP contribution in [0.2, 0.25) is 0 Å².